The number of nitrogens with one attached hydrogen (secondary N) is 1. The molecule has 0 aliphatic rings. The van der Waals surface area contributed by atoms with Crippen LogP contribution < -0.4 is 5.32 Å². The van der Waals surface area contributed by atoms with E-state index in [1.54, 1.807) is 11.3 Å². The van der Waals surface area contributed by atoms with Crippen LogP contribution in [0, 0.1) is 0 Å². The maximum absolute atomic E-state index is 10.9. The zero-order valence-electron chi connectivity index (χ0n) is 9.77. The average molecular weight is 261 g/mol. The van der Waals surface area contributed by atoms with Crippen LogP contribution in [-0.2, 0) is 9.84 Å². The first-order valence-corrected chi connectivity index (χ1v) is 8.41. The highest BCUT2D eigenvalue weighted by Crippen LogP contribution is 2.21. The van der Waals surface area contributed by atoms with Gasteiger partial charge >= 0.3 is 0 Å². The SMILES string of the molecule is CCC(NCCCS(C)(=O)=O)c1cccs1. The molecule has 92 valence electrons. The van der Waals surface area contributed by atoms with Gasteiger partial charge in [-0.25, -0.2) is 8.42 Å². The molecule has 1 aromatic heterocycles. The molecule has 16 heavy (non-hydrogen) atoms. The average Bonchev–Trinajstić information content (AvgIpc) is 2.69. The van der Waals surface area contributed by atoms with Crippen LogP contribution in [-0.4, -0.2) is 27.0 Å². The van der Waals surface area contributed by atoms with E-state index in [1.165, 1.54) is 11.1 Å². The molecular formula is C11H19NO2S2. The minimum absolute atomic E-state index is 0.265. The van der Waals surface area contributed by atoms with Gasteiger partial charge in [-0.15, -0.1) is 11.3 Å². The summed E-state index contributed by atoms with van der Waals surface area (Å²) in [4.78, 5) is 1.32. The molecular weight excluding hydrogens is 242 g/mol. The van der Waals surface area contributed by atoms with Crippen LogP contribution in [0.3, 0.4) is 0 Å². The highest BCUT2D eigenvalue weighted by Gasteiger charge is 2.09. The Kier molecular flexibility index (Phi) is 5.44. The van der Waals surface area contributed by atoms with Crippen molar-refractivity contribution < 1.29 is 8.42 Å². The Bertz CT molecular complexity index is 384. The molecule has 3 nitrogen and oxygen atoms in total. The van der Waals surface area contributed by atoms with Crippen LogP contribution in [0.2, 0.25) is 0 Å². The van der Waals surface area contributed by atoms with Crippen LogP contribution in [0.25, 0.3) is 0 Å². The minimum atomic E-state index is -2.82. The molecule has 0 radical (unpaired) electrons. The summed E-state index contributed by atoms with van der Waals surface area (Å²) in [6, 6.07) is 4.52. The second kappa shape index (κ2) is 6.37. The second-order valence-corrected chi connectivity index (χ2v) is 7.15. The summed E-state index contributed by atoms with van der Waals surface area (Å²) in [5, 5.41) is 5.46. The molecule has 0 saturated heterocycles. The highest BCUT2D eigenvalue weighted by molar-refractivity contribution is 7.90. The van der Waals surface area contributed by atoms with Gasteiger partial charge in [0.25, 0.3) is 0 Å². The third-order valence-corrected chi connectivity index (χ3v) is 4.39. The van der Waals surface area contributed by atoms with Crippen molar-refractivity contribution in [1.29, 1.82) is 0 Å². The minimum Gasteiger partial charge on any atom is -0.309 e. The van der Waals surface area contributed by atoms with E-state index < -0.39 is 9.84 Å². The molecule has 1 aromatic rings. The van der Waals surface area contributed by atoms with Gasteiger partial charge in [-0.05, 0) is 30.8 Å². The third kappa shape index (κ3) is 5.09. The predicted molar refractivity (Wildman–Crippen MR) is 69.7 cm³/mol. The van der Waals surface area contributed by atoms with E-state index in [-0.39, 0.29) is 5.75 Å². The smallest absolute Gasteiger partial charge is 0.147 e. The van der Waals surface area contributed by atoms with E-state index >= 15 is 0 Å². The van der Waals surface area contributed by atoms with E-state index in [1.807, 2.05) is 6.07 Å². The molecule has 0 aromatic carbocycles. The lowest BCUT2D eigenvalue weighted by molar-refractivity contribution is 0.523. The number of sulfone groups is 1. The Labute approximate surface area is 102 Å². The quantitative estimate of drug-likeness (QED) is 0.766. The fraction of sp³-hybridized carbons (Fsp3) is 0.636. The maximum atomic E-state index is 10.9. The first-order chi connectivity index (χ1) is 7.53. The van der Waals surface area contributed by atoms with E-state index in [4.69, 9.17) is 0 Å². The fourth-order valence-corrected chi connectivity index (χ4v) is 3.10. The lowest BCUT2D eigenvalue weighted by atomic mass is 10.2. The van der Waals surface area contributed by atoms with Crippen LogP contribution >= 0.6 is 11.3 Å². The van der Waals surface area contributed by atoms with Gasteiger partial charge in [0.1, 0.15) is 9.84 Å². The molecule has 0 aliphatic carbocycles. The maximum Gasteiger partial charge on any atom is 0.147 e. The molecule has 1 rings (SSSR count). The van der Waals surface area contributed by atoms with Crippen molar-refractivity contribution in [3.63, 3.8) is 0 Å². The summed E-state index contributed by atoms with van der Waals surface area (Å²) < 4.78 is 21.9. The first kappa shape index (κ1) is 13.7. The van der Waals surface area contributed by atoms with E-state index in [9.17, 15) is 8.42 Å². The monoisotopic (exact) mass is 261 g/mol. The van der Waals surface area contributed by atoms with Gasteiger partial charge in [-0.1, -0.05) is 13.0 Å². The molecule has 1 N–H and O–H groups in total. The van der Waals surface area contributed by atoms with Crippen molar-refractivity contribution in [3.05, 3.63) is 22.4 Å². The van der Waals surface area contributed by atoms with Crippen LogP contribution in [0.5, 0.6) is 0 Å². The molecule has 0 amide bonds. The van der Waals surface area contributed by atoms with Crippen molar-refractivity contribution in [1.82, 2.24) is 5.32 Å². The largest absolute Gasteiger partial charge is 0.309 e. The molecule has 1 heterocycles. The van der Waals surface area contributed by atoms with Gasteiger partial charge in [0.2, 0.25) is 0 Å². The third-order valence-electron chi connectivity index (χ3n) is 2.38. The summed E-state index contributed by atoms with van der Waals surface area (Å²) in [6.07, 6.45) is 2.99. The molecule has 0 fully saturated rings. The normalized spacial score (nSPS) is 13.9. The number of hydrogen-bond donors (Lipinski definition) is 1. The lowest BCUT2D eigenvalue weighted by Gasteiger charge is -2.14. The zero-order valence-corrected chi connectivity index (χ0v) is 11.4. The first-order valence-electron chi connectivity index (χ1n) is 5.47. The van der Waals surface area contributed by atoms with Gasteiger partial charge in [0.05, 0.1) is 5.75 Å². The van der Waals surface area contributed by atoms with Gasteiger partial charge in [0.15, 0.2) is 0 Å². The van der Waals surface area contributed by atoms with Crippen molar-refractivity contribution in [2.45, 2.75) is 25.8 Å². The van der Waals surface area contributed by atoms with Crippen LogP contribution in [0.4, 0.5) is 0 Å². The Morgan fingerprint density at radius 2 is 2.25 bits per heavy atom. The van der Waals surface area contributed by atoms with E-state index in [2.05, 4.69) is 23.7 Å². The van der Waals surface area contributed by atoms with Crippen molar-refractivity contribution >= 4 is 21.2 Å². The fourth-order valence-electron chi connectivity index (χ4n) is 1.55. The number of rotatable bonds is 7. The summed E-state index contributed by atoms with van der Waals surface area (Å²) in [5.41, 5.74) is 0. The van der Waals surface area contributed by atoms with E-state index in [0.29, 0.717) is 12.5 Å². The summed E-state index contributed by atoms with van der Waals surface area (Å²) >= 11 is 1.74. The Morgan fingerprint density at radius 3 is 2.75 bits per heavy atom. The van der Waals surface area contributed by atoms with E-state index in [0.717, 1.165) is 13.0 Å². The Morgan fingerprint density at radius 1 is 1.50 bits per heavy atom. The summed E-state index contributed by atoms with van der Waals surface area (Å²) in [6.45, 7) is 2.89. The van der Waals surface area contributed by atoms with Crippen molar-refractivity contribution in [2.24, 2.45) is 0 Å². The Hall–Kier alpha value is -0.390. The molecule has 0 aliphatic heterocycles. The molecule has 1 unspecified atom stereocenters. The topological polar surface area (TPSA) is 46.2 Å². The summed E-state index contributed by atoms with van der Waals surface area (Å²) in [5.74, 6) is 0.265. The summed E-state index contributed by atoms with van der Waals surface area (Å²) in [7, 11) is -2.82. The van der Waals surface area contributed by atoms with Gasteiger partial charge in [-0.2, -0.15) is 0 Å². The van der Waals surface area contributed by atoms with Crippen molar-refractivity contribution in [3.8, 4) is 0 Å². The number of thiophene rings is 1. The second-order valence-electron chi connectivity index (χ2n) is 3.91. The lowest BCUT2D eigenvalue weighted by Crippen LogP contribution is -2.22. The Balaban J connectivity index is 2.31. The van der Waals surface area contributed by atoms with Gasteiger partial charge < -0.3 is 5.32 Å². The molecule has 1 atom stereocenters. The number of hydrogen-bond acceptors (Lipinski definition) is 4. The van der Waals surface area contributed by atoms with Crippen LogP contribution in [0.15, 0.2) is 17.5 Å². The van der Waals surface area contributed by atoms with Crippen molar-refractivity contribution in [2.75, 3.05) is 18.6 Å². The molecule has 0 bridgehead atoms. The van der Waals surface area contributed by atoms with Gasteiger partial charge in [0, 0.05) is 17.2 Å². The molecule has 0 saturated carbocycles. The molecule has 5 heteroatoms. The van der Waals surface area contributed by atoms with Gasteiger partial charge in [-0.3, -0.25) is 0 Å². The van der Waals surface area contributed by atoms with Crippen LogP contribution in [0.1, 0.15) is 30.7 Å². The standard InChI is InChI=1S/C11H19NO2S2/c1-3-10(11-6-4-8-15-11)12-7-5-9-16(2,13)14/h4,6,8,10,12H,3,5,7,9H2,1-2H3. The predicted octanol–water partition coefficient (Wildman–Crippen LogP) is 2.22. The zero-order chi connectivity index (χ0) is 12.0. The highest BCUT2D eigenvalue weighted by atomic mass is 32.2. The molecule has 0 spiro atoms.